The van der Waals surface area contributed by atoms with Gasteiger partial charge in [-0.2, -0.15) is 0 Å². The monoisotopic (exact) mass is 242 g/mol. The normalized spacial score (nSPS) is 14.9. The van der Waals surface area contributed by atoms with Crippen molar-refractivity contribution in [2.45, 2.75) is 38.8 Å². The molecule has 0 amide bonds. The molecular formula is C15H18N2O. The average Bonchev–Trinajstić information content (AvgIpc) is 3.17. The fourth-order valence-electron chi connectivity index (χ4n) is 2.26. The van der Waals surface area contributed by atoms with Crippen LogP contribution in [0.15, 0.2) is 41.5 Å². The van der Waals surface area contributed by atoms with Gasteiger partial charge in [-0.05, 0) is 30.4 Å². The minimum atomic E-state index is 0.122. The van der Waals surface area contributed by atoms with Crippen LogP contribution in [-0.2, 0) is 13.0 Å². The predicted molar refractivity (Wildman–Crippen MR) is 71.9 cm³/mol. The summed E-state index contributed by atoms with van der Waals surface area (Å²) in [6, 6.07) is 8.96. The van der Waals surface area contributed by atoms with Crippen LogP contribution in [0.1, 0.15) is 36.9 Å². The molecule has 1 aromatic carbocycles. The molecule has 2 aromatic rings. The summed E-state index contributed by atoms with van der Waals surface area (Å²) in [6.07, 6.45) is 7.16. The van der Waals surface area contributed by atoms with E-state index in [2.05, 4.69) is 31.2 Å². The van der Waals surface area contributed by atoms with E-state index in [1.807, 2.05) is 17.0 Å². The minimum Gasteiger partial charge on any atom is -0.296 e. The maximum atomic E-state index is 12.1. The number of rotatable bonds is 4. The zero-order chi connectivity index (χ0) is 12.5. The molecular weight excluding hydrogens is 224 g/mol. The Morgan fingerprint density at radius 2 is 1.78 bits per heavy atom. The zero-order valence-corrected chi connectivity index (χ0v) is 10.7. The van der Waals surface area contributed by atoms with Crippen LogP contribution in [0.5, 0.6) is 0 Å². The van der Waals surface area contributed by atoms with Crippen LogP contribution >= 0.6 is 0 Å². The summed E-state index contributed by atoms with van der Waals surface area (Å²) in [5.41, 5.74) is 2.64. The molecule has 0 atom stereocenters. The Labute approximate surface area is 107 Å². The molecule has 1 aromatic heterocycles. The standard InChI is InChI=1S/C15H18N2O/c1-2-12-3-5-13(6-4-12)11-16-9-10-17(15(16)18)14-7-8-14/h3-6,9-10,14H,2,7-8,11H2,1H3. The van der Waals surface area contributed by atoms with E-state index >= 15 is 0 Å². The quantitative estimate of drug-likeness (QED) is 0.809. The summed E-state index contributed by atoms with van der Waals surface area (Å²) in [6.45, 7) is 2.82. The van der Waals surface area contributed by atoms with Crippen LogP contribution < -0.4 is 5.69 Å². The Hall–Kier alpha value is -1.77. The lowest BCUT2D eigenvalue weighted by Gasteiger charge is -2.03. The van der Waals surface area contributed by atoms with Crippen molar-refractivity contribution >= 4 is 0 Å². The summed E-state index contributed by atoms with van der Waals surface area (Å²) in [5, 5.41) is 0. The van der Waals surface area contributed by atoms with E-state index in [0.29, 0.717) is 12.6 Å². The highest BCUT2D eigenvalue weighted by Crippen LogP contribution is 2.33. The van der Waals surface area contributed by atoms with Gasteiger partial charge in [0.1, 0.15) is 0 Å². The fourth-order valence-corrected chi connectivity index (χ4v) is 2.26. The van der Waals surface area contributed by atoms with Gasteiger partial charge in [-0.1, -0.05) is 31.2 Å². The van der Waals surface area contributed by atoms with Gasteiger partial charge in [-0.25, -0.2) is 4.79 Å². The summed E-state index contributed by atoms with van der Waals surface area (Å²) in [7, 11) is 0. The molecule has 3 rings (SSSR count). The van der Waals surface area contributed by atoms with Crippen molar-refractivity contribution in [3.8, 4) is 0 Å². The fraction of sp³-hybridized carbons (Fsp3) is 0.400. The van der Waals surface area contributed by atoms with E-state index in [9.17, 15) is 4.79 Å². The van der Waals surface area contributed by atoms with Crippen molar-refractivity contribution in [3.63, 3.8) is 0 Å². The Morgan fingerprint density at radius 3 is 2.39 bits per heavy atom. The molecule has 0 bridgehead atoms. The second-order valence-electron chi connectivity index (χ2n) is 5.02. The largest absolute Gasteiger partial charge is 0.328 e. The second-order valence-corrected chi connectivity index (χ2v) is 5.02. The molecule has 1 aliphatic carbocycles. The molecule has 1 saturated carbocycles. The van der Waals surface area contributed by atoms with Crippen LogP contribution in [-0.4, -0.2) is 9.13 Å². The van der Waals surface area contributed by atoms with Gasteiger partial charge in [0.2, 0.25) is 0 Å². The predicted octanol–water partition coefficient (Wildman–Crippen LogP) is 2.60. The lowest BCUT2D eigenvalue weighted by Crippen LogP contribution is -2.23. The van der Waals surface area contributed by atoms with Gasteiger partial charge in [0, 0.05) is 18.4 Å². The van der Waals surface area contributed by atoms with Gasteiger partial charge in [-0.15, -0.1) is 0 Å². The van der Waals surface area contributed by atoms with Crippen molar-refractivity contribution < 1.29 is 0 Å². The van der Waals surface area contributed by atoms with Crippen LogP contribution in [0.25, 0.3) is 0 Å². The van der Waals surface area contributed by atoms with Crippen LogP contribution in [0, 0.1) is 0 Å². The lowest BCUT2D eigenvalue weighted by molar-refractivity contribution is 0.656. The first-order valence-corrected chi connectivity index (χ1v) is 6.63. The molecule has 18 heavy (non-hydrogen) atoms. The first-order valence-electron chi connectivity index (χ1n) is 6.63. The highest BCUT2D eigenvalue weighted by molar-refractivity contribution is 5.22. The number of hydrogen-bond donors (Lipinski definition) is 0. The number of hydrogen-bond acceptors (Lipinski definition) is 1. The molecule has 0 radical (unpaired) electrons. The molecule has 94 valence electrons. The third-order valence-corrected chi connectivity index (χ3v) is 3.60. The van der Waals surface area contributed by atoms with Gasteiger partial charge in [0.15, 0.2) is 0 Å². The molecule has 3 heteroatoms. The summed E-state index contributed by atoms with van der Waals surface area (Å²) in [4.78, 5) is 12.1. The maximum absolute atomic E-state index is 12.1. The highest BCUT2D eigenvalue weighted by atomic mass is 16.1. The van der Waals surface area contributed by atoms with Gasteiger partial charge in [0.05, 0.1) is 6.54 Å². The van der Waals surface area contributed by atoms with E-state index in [4.69, 9.17) is 0 Å². The summed E-state index contributed by atoms with van der Waals surface area (Å²) < 4.78 is 3.65. The molecule has 0 saturated heterocycles. The van der Waals surface area contributed by atoms with E-state index in [1.54, 1.807) is 4.57 Å². The number of imidazole rings is 1. The Balaban J connectivity index is 1.81. The summed E-state index contributed by atoms with van der Waals surface area (Å²) in [5.74, 6) is 0. The van der Waals surface area contributed by atoms with E-state index in [0.717, 1.165) is 19.3 Å². The van der Waals surface area contributed by atoms with Crippen LogP contribution in [0.3, 0.4) is 0 Å². The third kappa shape index (κ3) is 2.13. The van der Waals surface area contributed by atoms with Gasteiger partial charge in [-0.3, -0.25) is 9.13 Å². The van der Waals surface area contributed by atoms with Crippen molar-refractivity contribution in [3.05, 3.63) is 58.3 Å². The average molecular weight is 242 g/mol. The molecule has 3 nitrogen and oxygen atoms in total. The van der Waals surface area contributed by atoms with E-state index in [1.165, 1.54) is 11.1 Å². The van der Waals surface area contributed by atoms with E-state index in [-0.39, 0.29) is 5.69 Å². The second kappa shape index (κ2) is 4.48. The lowest BCUT2D eigenvalue weighted by atomic mass is 10.1. The zero-order valence-electron chi connectivity index (χ0n) is 10.7. The molecule has 0 N–H and O–H groups in total. The topological polar surface area (TPSA) is 26.9 Å². The van der Waals surface area contributed by atoms with E-state index < -0.39 is 0 Å². The smallest absolute Gasteiger partial charge is 0.296 e. The number of aryl methyl sites for hydroxylation is 1. The molecule has 1 aliphatic rings. The van der Waals surface area contributed by atoms with Crippen molar-refractivity contribution in [1.82, 2.24) is 9.13 Å². The Bertz CT molecular complexity index is 588. The molecule has 0 spiro atoms. The first kappa shape index (κ1) is 11.3. The minimum absolute atomic E-state index is 0.122. The Kier molecular flexibility index (Phi) is 2.82. The summed E-state index contributed by atoms with van der Waals surface area (Å²) >= 11 is 0. The third-order valence-electron chi connectivity index (χ3n) is 3.60. The molecule has 0 unspecified atom stereocenters. The molecule has 0 aliphatic heterocycles. The van der Waals surface area contributed by atoms with Crippen molar-refractivity contribution in [2.24, 2.45) is 0 Å². The number of aromatic nitrogens is 2. The SMILES string of the molecule is CCc1ccc(Cn2ccn(C3CC3)c2=O)cc1. The first-order chi connectivity index (χ1) is 8.78. The van der Waals surface area contributed by atoms with Crippen molar-refractivity contribution in [2.75, 3.05) is 0 Å². The van der Waals surface area contributed by atoms with Gasteiger partial charge in [0.25, 0.3) is 0 Å². The van der Waals surface area contributed by atoms with Crippen LogP contribution in [0.4, 0.5) is 0 Å². The number of nitrogens with zero attached hydrogens (tertiary/aromatic N) is 2. The van der Waals surface area contributed by atoms with Gasteiger partial charge < -0.3 is 0 Å². The maximum Gasteiger partial charge on any atom is 0.328 e. The number of benzene rings is 1. The molecule has 1 fully saturated rings. The molecule has 1 heterocycles. The van der Waals surface area contributed by atoms with Crippen molar-refractivity contribution in [1.29, 1.82) is 0 Å². The Morgan fingerprint density at radius 1 is 1.11 bits per heavy atom. The van der Waals surface area contributed by atoms with Gasteiger partial charge >= 0.3 is 5.69 Å². The highest BCUT2D eigenvalue weighted by Gasteiger charge is 2.25. The van der Waals surface area contributed by atoms with Crippen LogP contribution in [0.2, 0.25) is 0 Å².